The molecule has 2 heterocycles. The SMILES string of the molecule is O=C(NC(=S)Nc1nc(-c2cccc([N+](=O)[O-])c2)cs1)c1cccs1. The summed E-state index contributed by atoms with van der Waals surface area (Å²) in [6.07, 6.45) is 0. The maximum absolute atomic E-state index is 11.9. The zero-order valence-electron chi connectivity index (χ0n) is 12.5. The molecule has 0 bridgehead atoms. The number of nitro groups is 1. The average molecular weight is 390 g/mol. The van der Waals surface area contributed by atoms with Crippen LogP contribution in [-0.4, -0.2) is 20.9 Å². The van der Waals surface area contributed by atoms with Crippen LogP contribution in [-0.2, 0) is 0 Å². The Morgan fingerprint density at radius 1 is 1.24 bits per heavy atom. The predicted molar refractivity (Wildman–Crippen MR) is 102 cm³/mol. The van der Waals surface area contributed by atoms with Gasteiger partial charge < -0.3 is 5.32 Å². The molecule has 2 N–H and O–H groups in total. The van der Waals surface area contributed by atoms with Gasteiger partial charge in [0.05, 0.1) is 15.5 Å². The summed E-state index contributed by atoms with van der Waals surface area (Å²) in [5.74, 6) is -0.289. The van der Waals surface area contributed by atoms with Crippen LogP contribution in [0.4, 0.5) is 10.8 Å². The van der Waals surface area contributed by atoms with E-state index in [2.05, 4.69) is 15.6 Å². The zero-order valence-corrected chi connectivity index (χ0v) is 14.9. The number of hydrogen-bond donors (Lipinski definition) is 2. The summed E-state index contributed by atoms with van der Waals surface area (Å²) in [4.78, 5) is 27.2. The van der Waals surface area contributed by atoms with Gasteiger partial charge in [-0.05, 0) is 23.7 Å². The van der Waals surface area contributed by atoms with Gasteiger partial charge in [-0.1, -0.05) is 18.2 Å². The van der Waals surface area contributed by atoms with Gasteiger partial charge in [0.2, 0.25) is 0 Å². The van der Waals surface area contributed by atoms with E-state index in [4.69, 9.17) is 12.2 Å². The minimum Gasteiger partial charge on any atom is -0.308 e. The minimum absolute atomic E-state index is 0.00117. The lowest BCUT2D eigenvalue weighted by molar-refractivity contribution is -0.384. The molecular formula is C15H10N4O3S3. The molecule has 3 rings (SSSR count). The summed E-state index contributed by atoms with van der Waals surface area (Å²) >= 11 is 7.71. The molecule has 0 aliphatic rings. The Morgan fingerprint density at radius 2 is 2.08 bits per heavy atom. The van der Waals surface area contributed by atoms with E-state index >= 15 is 0 Å². The molecule has 0 aliphatic heterocycles. The number of benzene rings is 1. The Morgan fingerprint density at radius 3 is 2.80 bits per heavy atom. The molecular weight excluding hydrogens is 380 g/mol. The fourth-order valence-electron chi connectivity index (χ4n) is 1.94. The van der Waals surface area contributed by atoms with Gasteiger partial charge >= 0.3 is 0 Å². The number of nitrogens with zero attached hydrogens (tertiary/aromatic N) is 2. The predicted octanol–water partition coefficient (Wildman–Crippen LogP) is 3.91. The Hall–Kier alpha value is -2.69. The number of thiophene rings is 1. The summed E-state index contributed by atoms with van der Waals surface area (Å²) in [6, 6.07) is 9.70. The van der Waals surface area contributed by atoms with Gasteiger partial charge in [0.1, 0.15) is 0 Å². The average Bonchev–Trinajstić information content (AvgIpc) is 3.26. The number of nitro benzene ring substituents is 1. The van der Waals surface area contributed by atoms with Gasteiger partial charge in [-0.2, -0.15) is 0 Å². The largest absolute Gasteiger partial charge is 0.308 e. The molecule has 3 aromatic rings. The van der Waals surface area contributed by atoms with Crippen molar-refractivity contribution in [2.45, 2.75) is 0 Å². The third-order valence-electron chi connectivity index (χ3n) is 3.05. The lowest BCUT2D eigenvalue weighted by Gasteiger charge is -2.05. The Kier molecular flexibility index (Phi) is 5.12. The minimum atomic E-state index is -0.454. The van der Waals surface area contributed by atoms with E-state index in [1.54, 1.807) is 35.0 Å². The van der Waals surface area contributed by atoms with E-state index < -0.39 is 4.92 Å². The molecule has 126 valence electrons. The van der Waals surface area contributed by atoms with E-state index in [-0.39, 0.29) is 16.7 Å². The number of rotatable bonds is 4. The molecule has 0 spiro atoms. The summed E-state index contributed by atoms with van der Waals surface area (Å²) < 4.78 is 0. The number of anilines is 1. The highest BCUT2D eigenvalue weighted by molar-refractivity contribution is 7.80. The maximum Gasteiger partial charge on any atom is 0.270 e. The molecule has 0 aliphatic carbocycles. The van der Waals surface area contributed by atoms with Gasteiger partial charge in [-0.15, -0.1) is 22.7 Å². The molecule has 0 radical (unpaired) electrons. The molecule has 7 nitrogen and oxygen atoms in total. The summed E-state index contributed by atoms with van der Waals surface area (Å²) in [7, 11) is 0. The second kappa shape index (κ2) is 7.47. The van der Waals surface area contributed by atoms with E-state index in [1.807, 2.05) is 0 Å². The number of amides is 1. The van der Waals surface area contributed by atoms with Crippen LogP contribution in [0.1, 0.15) is 9.67 Å². The quantitative estimate of drug-likeness (QED) is 0.398. The van der Waals surface area contributed by atoms with Crippen molar-refractivity contribution in [3.8, 4) is 11.3 Å². The molecule has 10 heteroatoms. The first-order valence-corrected chi connectivity index (χ1v) is 9.06. The van der Waals surface area contributed by atoms with Crippen LogP contribution in [0.25, 0.3) is 11.3 Å². The molecule has 0 fully saturated rings. The van der Waals surface area contributed by atoms with Crippen molar-refractivity contribution in [3.05, 3.63) is 62.1 Å². The van der Waals surface area contributed by atoms with Gasteiger partial charge in [0, 0.05) is 23.1 Å². The molecule has 1 aromatic carbocycles. The van der Waals surface area contributed by atoms with Crippen LogP contribution < -0.4 is 10.6 Å². The monoisotopic (exact) mass is 390 g/mol. The smallest absolute Gasteiger partial charge is 0.270 e. The lowest BCUT2D eigenvalue weighted by Crippen LogP contribution is -2.33. The fraction of sp³-hybridized carbons (Fsp3) is 0. The first-order chi connectivity index (χ1) is 12.0. The summed E-state index contributed by atoms with van der Waals surface area (Å²) in [5, 5.41) is 20.4. The van der Waals surface area contributed by atoms with Crippen molar-refractivity contribution in [1.29, 1.82) is 0 Å². The van der Waals surface area contributed by atoms with Gasteiger partial charge in [0.25, 0.3) is 11.6 Å². The molecule has 0 saturated carbocycles. The van der Waals surface area contributed by atoms with Crippen molar-refractivity contribution in [3.63, 3.8) is 0 Å². The molecule has 0 unspecified atom stereocenters. The van der Waals surface area contributed by atoms with Gasteiger partial charge in [-0.3, -0.25) is 20.2 Å². The number of thiazole rings is 1. The van der Waals surface area contributed by atoms with Crippen LogP contribution >= 0.6 is 34.9 Å². The van der Waals surface area contributed by atoms with Crippen molar-refractivity contribution in [2.75, 3.05) is 5.32 Å². The standard InChI is InChI=1S/C15H10N4O3S3/c20-13(12-5-2-6-24-12)17-14(23)18-15-16-11(8-25-15)9-3-1-4-10(7-9)19(21)22/h1-8H,(H2,16,17,18,20,23). The zero-order chi connectivity index (χ0) is 17.8. The van der Waals surface area contributed by atoms with E-state index in [0.29, 0.717) is 21.3 Å². The number of non-ortho nitro benzene ring substituents is 1. The van der Waals surface area contributed by atoms with Crippen LogP contribution in [0, 0.1) is 10.1 Å². The van der Waals surface area contributed by atoms with Gasteiger partial charge in [-0.25, -0.2) is 4.98 Å². The molecule has 1 amide bonds. The molecule has 2 aromatic heterocycles. The number of thiocarbonyl (C=S) groups is 1. The van der Waals surface area contributed by atoms with Crippen LogP contribution in [0.2, 0.25) is 0 Å². The highest BCUT2D eigenvalue weighted by Gasteiger charge is 2.12. The Labute approximate surface area is 155 Å². The number of nitrogens with one attached hydrogen (secondary N) is 2. The molecule has 25 heavy (non-hydrogen) atoms. The number of carbonyl (C=O) groups excluding carboxylic acids is 1. The van der Waals surface area contributed by atoms with E-state index in [9.17, 15) is 14.9 Å². The van der Waals surface area contributed by atoms with Gasteiger partial charge in [0.15, 0.2) is 10.2 Å². The lowest BCUT2D eigenvalue weighted by atomic mass is 10.1. The van der Waals surface area contributed by atoms with Crippen molar-refractivity contribution in [2.24, 2.45) is 0 Å². The topological polar surface area (TPSA) is 97.2 Å². The van der Waals surface area contributed by atoms with Crippen molar-refractivity contribution < 1.29 is 9.72 Å². The summed E-state index contributed by atoms with van der Waals surface area (Å²) in [6.45, 7) is 0. The number of carbonyl (C=O) groups is 1. The van der Waals surface area contributed by atoms with E-state index in [1.165, 1.54) is 34.8 Å². The number of hydrogen-bond acceptors (Lipinski definition) is 7. The first kappa shape index (κ1) is 17.1. The van der Waals surface area contributed by atoms with Crippen molar-refractivity contribution >= 4 is 56.7 Å². The highest BCUT2D eigenvalue weighted by Crippen LogP contribution is 2.27. The second-order valence-corrected chi connectivity index (χ2v) is 6.94. The first-order valence-electron chi connectivity index (χ1n) is 6.89. The molecule has 0 atom stereocenters. The van der Waals surface area contributed by atoms with Crippen LogP contribution in [0.3, 0.4) is 0 Å². The normalized spacial score (nSPS) is 10.2. The third kappa shape index (κ3) is 4.24. The fourth-order valence-corrected chi connectivity index (χ4v) is 3.54. The highest BCUT2D eigenvalue weighted by atomic mass is 32.1. The Balaban J connectivity index is 1.67. The second-order valence-electron chi connectivity index (χ2n) is 4.73. The third-order valence-corrected chi connectivity index (χ3v) is 4.88. The van der Waals surface area contributed by atoms with Crippen LogP contribution in [0.5, 0.6) is 0 Å². The molecule has 0 saturated heterocycles. The Bertz CT molecular complexity index is 937. The number of aromatic nitrogens is 1. The maximum atomic E-state index is 11.9. The van der Waals surface area contributed by atoms with E-state index in [0.717, 1.165) is 0 Å². The van der Waals surface area contributed by atoms with Crippen molar-refractivity contribution in [1.82, 2.24) is 10.3 Å². The summed E-state index contributed by atoms with van der Waals surface area (Å²) in [5.41, 5.74) is 1.22. The van der Waals surface area contributed by atoms with Crippen LogP contribution in [0.15, 0.2) is 47.2 Å².